The molecule has 1 unspecified atom stereocenters. The number of benzene rings is 1. The van der Waals surface area contributed by atoms with Crippen molar-refractivity contribution in [2.24, 2.45) is 0 Å². The van der Waals surface area contributed by atoms with Crippen molar-refractivity contribution in [2.45, 2.75) is 18.2 Å². The Bertz CT molecular complexity index is 363. The summed E-state index contributed by atoms with van der Waals surface area (Å²) in [4.78, 5) is 11.3. The Morgan fingerprint density at radius 2 is 2.07 bits per heavy atom. The maximum Gasteiger partial charge on any atom is 0.130 e. The standard InChI is InChI=1S/C10H11ClO2S/c1-8(12)6-7-14(13)10-5-3-2-4-9(10)11/h2-5H,6-7H2,1H3. The number of halogens is 1. The topological polar surface area (TPSA) is 34.1 Å². The molecular formula is C10H11ClO2S. The minimum absolute atomic E-state index is 0.0467. The summed E-state index contributed by atoms with van der Waals surface area (Å²) in [6.45, 7) is 1.49. The smallest absolute Gasteiger partial charge is 0.130 e. The molecule has 4 heteroatoms. The monoisotopic (exact) mass is 230 g/mol. The van der Waals surface area contributed by atoms with Crippen molar-refractivity contribution in [2.75, 3.05) is 5.75 Å². The molecular weight excluding hydrogens is 220 g/mol. The first kappa shape index (κ1) is 11.4. The highest BCUT2D eigenvalue weighted by Crippen LogP contribution is 2.19. The maximum atomic E-state index is 11.6. The molecule has 0 fully saturated rings. The minimum Gasteiger partial charge on any atom is -0.300 e. The molecule has 0 bridgehead atoms. The number of rotatable bonds is 4. The Morgan fingerprint density at radius 3 is 2.64 bits per heavy atom. The Kier molecular flexibility index (Phi) is 4.29. The van der Waals surface area contributed by atoms with Gasteiger partial charge in [-0.3, -0.25) is 9.00 Å². The molecule has 2 nitrogen and oxygen atoms in total. The second kappa shape index (κ2) is 5.27. The third kappa shape index (κ3) is 3.24. The lowest BCUT2D eigenvalue weighted by molar-refractivity contribution is -0.116. The van der Waals surface area contributed by atoms with Gasteiger partial charge in [0.2, 0.25) is 0 Å². The summed E-state index contributed by atoms with van der Waals surface area (Å²) in [6, 6.07) is 6.99. The Labute approximate surface area is 90.7 Å². The fraction of sp³-hybridized carbons (Fsp3) is 0.300. The van der Waals surface area contributed by atoms with E-state index in [4.69, 9.17) is 11.6 Å². The summed E-state index contributed by atoms with van der Waals surface area (Å²) in [5.74, 6) is 0.393. The second-order valence-electron chi connectivity index (χ2n) is 2.93. The summed E-state index contributed by atoms with van der Waals surface area (Å²) in [7, 11) is -1.17. The normalized spacial score (nSPS) is 12.4. The highest BCUT2D eigenvalue weighted by Gasteiger charge is 2.08. The summed E-state index contributed by atoms with van der Waals surface area (Å²) in [5.41, 5.74) is 0. The van der Waals surface area contributed by atoms with E-state index >= 15 is 0 Å². The van der Waals surface area contributed by atoms with Crippen molar-refractivity contribution < 1.29 is 9.00 Å². The number of ketones is 1. The lowest BCUT2D eigenvalue weighted by Gasteiger charge is -2.02. The van der Waals surface area contributed by atoms with Gasteiger partial charge in [-0.25, -0.2) is 0 Å². The average Bonchev–Trinajstić information content (AvgIpc) is 2.15. The predicted molar refractivity (Wildman–Crippen MR) is 58.0 cm³/mol. The molecule has 14 heavy (non-hydrogen) atoms. The molecule has 0 N–H and O–H groups in total. The molecule has 0 amide bonds. The first-order chi connectivity index (χ1) is 6.61. The summed E-state index contributed by atoms with van der Waals surface area (Å²) in [6.07, 6.45) is 0.331. The maximum absolute atomic E-state index is 11.6. The van der Waals surface area contributed by atoms with E-state index in [1.54, 1.807) is 24.3 Å². The van der Waals surface area contributed by atoms with Crippen molar-refractivity contribution in [3.63, 3.8) is 0 Å². The van der Waals surface area contributed by atoms with Crippen LogP contribution in [0.1, 0.15) is 13.3 Å². The van der Waals surface area contributed by atoms with Gasteiger partial charge in [0.1, 0.15) is 5.78 Å². The van der Waals surface area contributed by atoms with Gasteiger partial charge in [0.15, 0.2) is 0 Å². The fourth-order valence-corrected chi connectivity index (χ4v) is 2.58. The molecule has 1 atom stereocenters. The lowest BCUT2D eigenvalue weighted by atomic mass is 10.4. The quantitative estimate of drug-likeness (QED) is 0.796. The molecule has 0 saturated carbocycles. The SMILES string of the molecule is CC(=O)CCS(=O)c1ccccc1Cl. The Hall–Kier alpha value is -0.670. The van der Waals surface area contributed by atoms with Gasteiger partial charge in [0, 0.05) is 12.2 Å². The Balaban J connectivity index is 2.70. The third-order valence-corrected chi connectivity index (χ3v) is 3.58. The van der Waals surface area contributed by atoms with Crippen LogP contribution in [-0.4, -0.2) is 15.7 Å². The van der Waals surface area contributed by atoms with Crippen molar-refractivity contribution in [1.82, 2.24) is 0 Å². The molecule has 0 saturated heterocycles. The first-order valence-electron chi connectivity index (χ1n) is 4.23. The number of hydrogen-bond acceptors (Lipinski definition) is 2. The summed E-state index contributed by atoms with van der Waals surface area (Å²) in [5, 5.41) is 0.495. The molecule has 0 aliphatic heterocycles. The van der Waals surface area contributed by atoms with Gasteiger partial charge in [0.05, 0.1) is 20.7 Å². The van der Waals surface area contributed by atoms with Crippen LogP contribution < -0.4 is 0 Å². The highest BCUT2D eigenvalue weighted by molar-refractivity contribution is 7.85. The van der Waals surface area contributed by atoms with E-state index in [9.17, 15) is 9.00 Å². The molecule has 0 heterocycles. The van der Waals surface area contributed by atoms with Crippen LogP contribution in [0.4, 0.5) is 0 Å². The molecule has 0 aromatic heterocycles. The summed E-state index contributed by atoms with van der Waals surface area (Å²) >= 11 is 5.86. The van der Waals surface area contributed by atoms with Crippen LogP contribution in [0.3, 0.4) is 0 Å². The molecule has 76 valence electrons. The van der Waals surface area contributed by atoms with E-state index in [1.807, 2.05) is 0 Å². The molecule has 1 rings (SSSR count). The molecule has 0 aliphatic rings. The van der Waals surface area contributed by atoms with Crippen molar-refractivity contribution in [1.29, 1.82) is 0 Å². The average molecular weight is 231 g/mol. The molecule has 0 spiro atoms. The van der Waals surface area contributed by atoms with Gasteiger partial charge in [-0.1, -0.05) is 23.7 Å². The molecule has 0 radical (unpaired) electrons. The first-order valence-corrected chi connectivity index (χ1v) is 5.93. The minimum atomic E-state index is -1.17. The van der Waals surface area contributed by atoms with Gasteiger partial charge in [-0.2, -0.15) is 0 Å². The van der Waals surface area contributed by atoms with Crippen LogP contribution in [0.2, 0.25) is 5.02 Å². The summed E-state index contributed by atoms with van der Waals surface area (Å²) < 4.78 is 11.6. The number of carbonyl (C=O) groups is 1. The van der Waals surface area contributed by atoms with Gasteiger partial charge in [0.25, 0.3) is 0 Å². The highest BCUT2D eigenvalue weighted by atomic mass is 35.5. The molecule has 0 aliphatic carbocycles. The van der Waals surface area contributed by atoms with E-state index < -0.39 is 10.8 Å². The van der Waals surface area contributed by atoms with Gasteiger partial charge in [-0.15, -0.1) is 0 Å². The molecule has 1 aromatic carbocycles. The van der Waals surface area contributed by atoms with Crippen LogP contribution in [0.25, 0.3) is 0 Å². The van der Waals surface area contributed by atoms with Crippen LogP contribution in [0.5, 0.6) is 0 Å². The number of hydrogen-bond donors (Lipinski definition) is 0. The van der Waals surface area contributed by atoms with Crippen LogP contribution >= 0.6 is 11.6 Å². The molecule has 1 aromatic rings. The zero-order chi connectivity index (χ0) is 10.6. The zero-order valence-corrected chi connectivity index (χ0v) is 9.40. The number of carbonyl (C=O) groups excluding carboxylic acids is 1. The van der Waals surface area contributed by atoms with E-state index in [0.29, 0.717) is 22.1 Å². The second-order valence-corrected chi connectivity index (χ2v) is 4.88. The van der Waals surface area contributed by atoms with Crippen LogP contribution in [0, 0.1) is 0 Å². The van der Waals surface area contributed by atoms with Gasteiger partial charge < -0.3 is 0 Å². The van der Waals surface area contributed by atoms with E-state index in [-0.39, 0.29) is 5.78 Å². The van der Waals surface area contributed by atoms with E-state index in [2.05, 4.69) is 0 Å². The van der Waals surface area contributed by atoms with Gasteiger partial charge in [-0.05, 0) is 19.1 Å². The third-order valence-electron chi connectivity index (χ3n) is 1.72. The van der Waals surface area contributed by atoms with E-state index in [1.165, 1.54) is 6.92 Å². The zero-order valence-electron chi connectivity index (χ0n) is 7.83. The van der Waals surface area contributed by atoms with Crippen LogP contribution in [-0.2, 0) is 15.6 Å². The number of Topliss-reactive ketones (excluding diaryl/α,β-unsaturated/α-hetero) is 1. The van der Waals surface area contributed by atoms with Crippen molar-refractivity contribution in [3.05, 3.63) is 29.3 Å². The lowest BCUT2D eigenvalue weighted by Crippen LogP contribution is -2.03. The van der Waals surface area contributed by atoms with E-state index in [0.717, 1.165) is 0 Å². The van der Waals surface area contributed by atoms with Crippen molar-refractivity contribution >= 4 is 28.2 Å². The van der Waals surface area contributed by atoms with Gasteiger partial charge >= 0.3 is 0 Å². The van der Waals surface area contributed by atoms with Crippen molar-refractivity contribution in [3.8, 4) is 0 Å². The predicted octanol–water partition coefficient (Wildman–Crippen LogP) is 2.43. The fourth-order valence-electron chi connectivity index (χ4n) is 0.976. The Morgan fingerprint density at radius 1 is 1.43 bits per heavy atom. The largest absolute Gasteiger partial charge is 0.300 e. The van der Waals surface area contributed by atoms with Crippen LogP contribution in [0.15, 0.2) is 29.2 Å².